The van der Waals surface area contributed by atoms with E-state index in [0.29, 0.717) is 6.42 Å². The number of hydrogen-bond donors (Lipinski definition) is 2. The number of nitrogens with one attached hydrogen (secondary N) is 1. The monoisotopic (exact) mass is 325 g/mol. The zero-order valence-corrected chi connectivity index (χ0v) is 15.0. The summed E-state index contributed by atoms with van der Waals surface area (Å²) in [4.78, 5) is 7.75. The Labute approximate surface area is 143 Å². The van der Waals surface area contributed by atoms with Gasteiger partial charge in [0.15, 0.2) is 0 Å². The lowest BCUT2D eigenvalue weighted by atomic mass is 10.1. The number of hydrogen-bond acceptors (Lipinski definition) is 2. The number of fused-ring (bicyclic) bond motifs is 1. The lowest BCUT2D eigenvalue weighted by Crippen LogP contribution is -1.94. The number of pyridine rings is 1. The van der Waals surface area contributed by atoms with Gasteiger partial charge < -0.3 is 14.7 Å². The molecule has 0 amide bonds. The molecule has 24 heavy (non-hydrogen) atoms. The van der Waals surface area contributed by atoms with Gasteiger partial charge in [-0.25, -0.2) is 4.98 Å². The molecule has 3 aromatic heterocycles. The van der Waals surface area contributed by atoms with E-state index >= 15 is 0 Å². The third kappa shape index (κ3) is 3.77. The molecule has 3 aromatic rings. The van der Waals surface area contributed by atoms with Crippen LogP contribution in [0.15, 0.2) is 42.7 Å². The van der Waals surface area contributed by atoms with Crippen LogP contribution in [0.2, 0.25) is 0 Å². The molecular weight excluding hydrogens is 298 g/mol. The average Bonchev–Trinajstić information content (AvgIpc) is 3.15. The second kappa shape index (κ2) is 8.50. The first kappa shape index (κ1) is 18.0. The molecule has 0 unspecified atom stereocenters. The van der Waals surface area contributed by atoms with Gasteiger partial charge in [-0.1, -0.05) is 26.0 Å². The van der Waals surface area contributed by atoms with Crippen LogP contribution in [-0.4, -0.2) is 26.2 Å². The average molecular weight is 325 g/mol. The standard InChI is InChI=1S/C18H21N3O.C2H6/c1-13-15(12-21(2)17(13)8-4-3-5-10-22)16-11-14-7-6-9-19-18(14)20-16;1-2/h3-4,6-7,9,11-12,22H,5,8,10H2,1-2H3,(H,19,20);1-2H3/b4-3-;. The predicted octanol–water partition coefficient (Wildman–Crippen LogP) is 4.38. The van der Waals surface area contributed by atoms with Gasteiger partial charge in [0.25, 0.3) is 0 Å². The van der Waals surface area contributed by atoms with Crippen molar-refractivity contribution in [3.8, 4) is 11.3 Å². The third-order valence-electron chi connectivity index (χ3n) is 4.04. The molecule has 0 saturated carbocycles. The van der Waals surface area contributed by atoms with Crippen molar-refractivity contribution in [2.24, 2.45) is 7.05 Å². The summed E-state index contributed by atoms with van der Waals surface area (Å²) in [5.74, 6) is 0. The van der Waals surface area contributed by atoms with Gasteiger partial charge in [0.2, 0.25) is 0 Å². The Hall–Kier alpha value is -2.33. The minimum absolute atomic E-state index is 0.204. The smallest absolute Gasteiger partial charge is 0.137 e. The minimum atomic E-state index is 0.204. The van der Waals surface area contributed by atoms with Crippen molar-refractivity contribution in [1.29, 1.82) is 0 Å². The molecule has 0 aromatic carbocycles. The van der Waals surface area contributed by atoms with E-state index in [4.69, 9.17) is 5.11 Å². The molecule has 3 rings (SSSR count). The van der Waals surface area contributed by atoms with E-state index in [1.165, 1.54) is 16.8 Å². The van der Waals surface area contributed by atoms with Crippen molar-refractivity contribution in [3.63, 3.8) is 0 Å². The second-order valence-corrected chi connectivity index (χ2v) is 5.54. The number of aromatic nitrogens is 3. The first-order valence-electron chi connectivity index (χ1n) is 8.55. The Kier molecular flexibility index (Phi) is 6.38. The quantitative estimate of drug-likeness (QED) is 0.684. The molecule has 128 valence electrons. The topological polar surface area (TPSA) is 53.8 Å². The number of aromatic amines is 1. The maximum absolute atomic E-state index is 8.83. The van der Waals surface area contributed by atoms with Gasteiger partial charge in [-0.3, -0.25) is 0 Å². The fourth-order valence-corrected chi connectivity index (χ4v) is 2.85. The molecule has 0 saturated heterocycles. The molecular formula is C20H27N3O. The zero-order valence-electron chi connectivity index (χ0n) is 15.0. The maximum Gasteiger partial charge on any atom is 0.137 e. The normalized spacial score (nSPS) is 11.0. The fraction of sp³-hybridized carbons (Fsp3) is 0.350. The van der Waals surface area contributed by atoms with Gasteiger partial charge in [0.05, 0.1) is 0 Å². The van der Waals surface area contributed by atoms with Crippen LogP contribution in [0.4, 0.5) is 0 Å². The van der Waals surface area contributed by atoms with Gasteiger partial charge in [-0.2, -0.15) is 0 Å². The molecule has 0 bridgehead atoms. The summed E-state index contributed by atoms with van der Waals surface area (Å²) >= 11 is 0. The largest absolute Gasteiger partial charge is 0.396 e. The molecule has 0 fully saturated rings. The lowest BCUT2D eigenvalue weighted by molar-refractivity contribution is 0.302. The summed E-state index contributed by atoms with van der Waals surface area (Å²) in [7, 11) is 2.08. The summed E-state index contributed by atoms with van der Waals surface area (Å²) < 4.78 is 2.17. The van der Waals surface area contributed by atoms with Crippen LogP contribution in [0, 0.1) is 6.92 Å². The number of rotatable bonds is 5. The molecule has 0 aliphatic rings. The molecule has 0 radical (unpaired) electrons. The molecule has 0 spiro atoms. The molecule has 4 heteroatoms. The summed E-state index contributed by atoms with van der Waals surface area (Å²) in [5.41, 5.74) is 5.81. The van der Waals surface area contributed by atoms with Crippen LogP contribution < -0.4 is 0 Å². The number of allylic oxidation sites excluding steroid dienone is 1. The molecule has 0 atom stereocenters. The first-order valence-corrected chi connectivity index (χ1v) is 8.55. The Morgan fingerprint density at radius 2 is 2.08 bits per heavy atom. The van der Waals surface area contributed by atoms with Crippen molar-refractivity contribution < 1.29 is 5.11 Å². The van der Waals surface area contributed by atoms with Crippen LogP contribution >= 0.6 is 0 Å². The van der Waals surface area contributed by atoms with Crippen molar-refractivity contribution in [3.05, 3.63) is 54.0 Å². The van der Waals surface area contributed by atoms with E-state index in [-0.39, 0.29) is 6.61 Å². The second-order valence-electron chi connectivity index (χ2n) is 5.54. The Morgan fingerprint density at radius 1 is 1.29 bits per heavy atom. The van der Waals surface area contributed by atoms with Crippen molar-refractivity contribution in [1.82, 2.24) is 14.5 Å². The van der Waals surface area contributed by atoms with E-state index < -0.39 is 0 Å². The Balaban J connectivity index is 0.00000100. The highest BCUT2D eigenvalue weighted by Crippen LogP contribution is 2.29. The molecule has 0 aliphatic carbocycles. The van der Waals surface area contributed by atoms with Gasteiger partial charge in [0.1, 0.15) is 5.65 Å². The first-order chi connectivity index (χ1) is 11.7. The Morgan fingerprint density at radius 3 is 2.79 bits per heavy atom. The highest BCUT2D eigenvalue weighted by molar-refractivity contribution is 5.83. The van der Waals surface area contributed by atoms with E-state index in [9.17, 15) is 0 Å². The van der Waals surface area contributed by atoms with Gasteiger partial charge in [-0.05, 0) is 37.1 Å². The van der Waals surface area contributed by atoms with E-state index in [0.717, 1.165) is 23.1 Å². The summed E-state index contributed by atoms with van der Waals surface area (Å²) in [6.07, 6.45) is 9.70. The number of aryl methyl sites for hydroxylation is 1. The van der Waals surface area contributed by atoms with Crippen LogP contribution in [0.1, 0.15) is 31.5 Å². The van der Waals surface area contributed by atoms with Gasteiger partial charge >= 0.3 is 0 Å². The maximum atomic E-state index is 8.83. The highest BCUT2D eigenvalue weighted by Gasteiger charge is 2.13. The van der Waals surface area contributed by atoms with Gasteiger partial charge in [0, 0.05) is 54.8 Å². The molecule has 3 heterocycles. The molecule has 2 N–H and O–H groups in total. The lowest BCUT2D eigenvalue weighted by Gasteiger charge is -2.01. The minimum Gasteiger partial charge on any atom is -0.396 e. The summed E-state index contributed by atoms with van der Waals surface area (Å²) in [6, 6.07) is 6.17. The predicted molar refractivity (Wildman–Crippen MR) is 101 cm³/mol. The third-order valence-corrected chi connectivity index (χ3v) is 4.04. The zero-order chi connectivity index (χ0) is 17.5. The van der Waals surface area contributed by atoms with Crippen molar-refractivity contribution in [2.45, 2.75) is 33.6 Å². The van der Waals surface area contributed by atoms with Crippen LogP contribution in [0.3, 0.4) is 0 Å². The summed E-state index contributed by atoms with van der Waals surface area (Å²) in [5, 5.41) is 9.96. The van der Waals surface area contributed by atoms with E-state index in [2.05, 4.69) is 52.9 Å². The number of aliphatic hydroxyl groups excluding tert-OH is 1. The van der Waals surface area contributed by atoms with Gasteiger partial charge in [-0.15, -0.1) is 0 Å². The highest BCUT2D eigenvalue weighted by atomic mass is 16.2. The Bertz CT molecular complexity index is 779. The van der Waals surface area contributed by atoms with Crippen molar-refractivity contribution in [2.75, 3.05) is 6.61 Å². The van der Waals surface area contributed by atoms with Crippen LogP contribution in [0.5, 0.6) is 0 Å². The van der Waals surface area contributed by atoms with Crippen LogP contribution in [-0.2, 0) is 13.5 Å². The van der Waals surface area contributed by atoms with Crippen LogP contribution in [0.25, 0.3) is 22.3 Å². The fourth-order valence-electron chi connectivity index (χ4n) is 2.85. The summed E-state index contributed by atoms with van der Waals surface area (Å²) in [6.45, 7) is 6.36. The molecule has 0 aliphatic heterocycles. The van der Waals surface area contributed by atoms with E-state index in [1.807, 2.05) is 26.0 Å². The van der Waals surface area contributed by atoms with Crippen molar-refractivity contribution >= 4 is 11.0 Å². The van der Waals surface area contributed by atoms with E-state index in [1.54, 1.807) is 6.20 Å². The number of aliphatic hydroxyl groups is 1. The number of nitrogens with zero attached hydrogens (tertiary/aromatic N) is 2. The molecule has 4 nitrogen and oxygen atoms in total. The SMILES string of the molecule is CC.Cc1c(-c2cc3cccnc3[nH]2)cn(C)c1C/C=C\CCO. The number of H-pyrrole nitrogens is 1.